The van der Waals surface area contributed by atoms with Crippen LogP contribution in [0.5, 0.6) is 0 Å². The minimum absolute atomic E-state index is 0. The topological polar surface area (TPSA) is 101 Å². The molecule has 1 aromatic rings. The van der Waals surface area contributed by atoms with Gasteiger partial charge < -0.3 is 41.8 Å². The number of hydrogen-bond donors (Lipinski definition) is 2. The Morgan fingerprint density at radius 1 is 1.42 bits per heavy atom. The van der Waals surface area contributed by atoms with Crippen molar-refractivity contribution < 1.29 is 32.0 Å². The van der Waals surface area contributed by atoms with Gasteiger partial charge in [0.25, 0.3) is 0 Å². The van der Waals surface area contributed by atoms with Crippen LogP contribution in [0.15, 0.2) is 6.33 Å². The number of aromatic nitrogens is 2. The average molecular weight is 295 g/mol. The summed E-state index contributed by atoms with van der Waals surface area (Å²) in [5.74, 6) is -0.169. The van der Waals surface area contributed by atoms with Crippen molar-refractivity contribution in [2.75, 3.05) is 33.4 Å². The van der Waals surface area contributed by atoms with E-state index >= 15 is 0 Å². The summed E-state index contributed by atoms with van der Waals surface area (Å²) in [5, 5.41) is 29.0. The van der Waals surface area contributed by atoms with Crippen LogP contribution in [0.3, 0.4) is 0 Å². The third-order valence-corrected chi connectivity index (χ3v) is 3.02. The Bertz CT molecular complexity index is 418. The Hall–Kier alpha value is -1.22. The first-order valence-corrected chi connectivity index (χ1v) is 5.63. The van der Waals surface area contributed by atoms with E-state index in [2.05, 4.69) is 4.98 Å². The molecule has 0 saturated carbocycles. The SMILES string of the molecule is Cn1cnc([N+](=O)[O-])c1C[N+](C)(CCO)CCO.[Cl-]. The molecule has 0 unspecified atom stereocenters. The number of halogens is 1. The first-order chi connectivity index (χ1) is 8.43. The molecule has 0 aliphatic rings. The van der Waals surface area contributed by atoms with Crippen LogP contribution in [0, 0.1) is 10.1 Å². The predicted octanol–water partition coefficient (Wildman–Crippen LogP) is -3.74. The minimum atomic E-state index is -0.516. The maximum absolute atomic E-state index is 10.9. The molecule has 0 saturated heterocycles. The summed E-state index contributed by atoms with van der Waals surface area (Å²) in [6.07, 6.45) is 1.40. The summed E-state index contributed by atoms with van der Waals surface area (Å²) in [5.41, 5.74) is 0.490. The number of nitro groups is 1. The van der Waals surface area contributed by atoms with Gasteiger partial charge in [-0.15, -0.1) is 0 Å². The van der Waals surface area contributed by atoms with Crippen LogP contribution in [0.2, 0.25) is 0 Å². The van der Waals surface area contributed by atoms with E-state index in [0.717, 1.165) is 0 Å². The third kappa shape index (κ3) is 4.43. The molecular formula is C10H19ClN4O4. The zero-order chi connectivity index (χ0) is 13.8. The highest BCUT2D eigenvalue weighted by Gasteiger charge is 2.29. The van der Waals surface area contributed by atoms with E-state index in [9.17, 15) is 10.1 Å². The zero-order valence-electron chi connectivity index (χ0n) is 11.0. The van der Waals surface area contributed by atoms with Crippen molar-refractivity contribution in [2.45, 2.75) is 6.54 Å². The molecule has 0 fully saturated rings. The van der Waals surface area contributed by atoms with Crippen LogP contribution in [0.1, 0.15) is 5.69 Å². The molecule has 0 bridgehead atoms. The molecular weight excluding hydrogens is 276 g/mol. The number of aliphatic hydroxyl groups is 2. The van der Waals surface area contributed by atoms with E-state index in [1.54, 1.807) is 11.6 Å². The van der Waals surface area contributed by atoms with Crippen LogP contribution >= 0.6 is 0 Å². The molecule has 2 N–H and O–H groups in total. The van der Waals surface area contributed by atoms with Gasteiger partial charge in [-0.1, -0.05) is 0 Å². The van der Waals surface area contributed by atoms with Gasteiger partial charge in [0.15, 0.2) is 5.69 Å². The van der Waals surface area contributed by atoms with Crippen molar-refractivity contribution in [1.82, 2.24) is 9.55 Å². The quantitative estimate of drug-likeness (QED) is 0.306. The molecule has 9 heteroatoms. The third-order valence-electron chi connectivity index (χ3n) is 3.02. The Labute approximate surface area is 117 Å². The maximum Gasteiger partial charge on any atom is 0.390 e. The number of nitrogens with zero attached hydrogens (tertiary/aromatic N) is 4. The van der Waals surface area contributed by atoms with E-state index in [1.165, 1.54) is 6.33 Å². The Kier molecular flexibility index (Phi) is 6.91. The van der Waals surface area contributed by atoms with E-state index in [-0.39, 0.29) is 31.4 Å². The summed E-state index contributed by atoms with van der Waals surface area (Å²) in [4.78, 5) is 14.1. The molecule has 0 aliphatic carbocycles. The van der Waals surface area contributed by atoms with Crippen molar-refractivity contribution in [1.29, 1.82) is 0 Å². The first-order valence-electron chi connectivity index (χ1n) is 5.63. The standard InChI is InChI=1S/C10H19N4O4.ClH/c1-12-8-11-10(13(17)18)9(12)7-14(2,3-5-15)4-6-16;/h8,15-16H,3-7H2,1-2H3;1H/q+1;/p-1. The molecule has 1 aromatic heterocycles. The Morgan fingerprint density at radius 2 is 1.95 bits per heavy atom. The van der Waals surface area contributed by atoms with Gasteiger partial charge in [0.2, 0.25) is 6.33 Å². The number of likely N-dealkylation sites (N-methyl/N-ethyl adjacent to an activating group) is 1. The van der Waals surface area contributed by atoms with Crippen molar-refractivity contribution >= 4 is 5.82 Å². The number of quaternary nitrogens is 1. The van der Waals surface area contributed by atoms with Gasteiger partial charge in [-0.05, 0) is 9.91 Å². The number of imidazole rings is 1. The van der Waals surface area contributed by atoms with Gasteiger partial charge >= 0.3 is 5.82 Å². The lowest BCUT2D eigenvalue weighted by Crippen LogP contribution is -3.00. The molecule has 0 aromatic carbocycles. The highest BCUT2D eigenvalue weighted by atomic mass is 35.5. The smallest absolute Gasteiger partial charge is 0.390 e. The van der Waals surface area contributed by atoms with Crippen molar-refractivity contribution in [3.05, 3.63) is 22.1 Å². The number of aryl methyl sites for hydroxylation is 1. The molecule has 0 aliphatic heterocycles. The highest BCUT2D eigenvalue weighted by Crippen LogP contribution is 2.20. The van der Waals surface area contributed by atoms with Crippen LogP contribution in [0.4, 0.5) is 5.82 Å². The zero-order valence-corrected chi connectivity index (χ0v) is 11.7. The molecule has 1 rings (SSSR count). The van der Waals surface area contributed by atoms with E-state index in [0.29, 0.717) is 29.8 Å². The lowest BCUT2D eigenvalue weighted by molar-refractivity contribution is -0.923. The van der Waals surface area contributed by atoms with Crippen molar-refractivity contribution in [3.8, 4) is 0 Å². The maximum atomic E-state index is 10.9. The van der Waals surface area contributed by atoms with Gasteiger partial charge in [-0.2, -0.15) is 0 Å². The van der Waals surface area contributed by atoms with Gasteiger partial charge in [0.1, 0.15) is 19.6 Å². The molecule has 0 amide bonds. The molecule has 0 spiro atoms. The molecule has 8 nitrogen and oxygen atoms in total. The van der Waals surface area contributed by atoms with Gasteiger partial charge in [0, 0.05) is 7.05 Å². The largest absolute Gasteiger partial charge is 1.00 e. The van der Waals surface area contributed by atoms with Gasteiger partial charge in [-0.25, -0.2) is 0 Å². The summed E-state index contributed by atoms with van der Waals surface area (Å²) in [6.45, 7) is 1.10. The summed E-state index contributed by atoms with van der Waals surface area (Å²) in [7, 11) is 3.53. The van der Waals surface area contributed by atoms with Crippen LogP contribution in [0.25, 0.3) is 0 Å². The number of aliphatic hydroxyl groups excluding tert-OH is 2. The molecule has 19 heavy (non-hydrogen) atoms. The highest BCUT2D eigenvalue weighted by molar-refractivity contribution is 5.26. The second kappa shape index (κ2) is 7.39. The Balaban J connectivity index is 0.00000324. The normalized spacial score (nSPS) is 11.2. The molecule has 0 atom stereocenters. The van der Waals surface area contributed by atoms with E-state index in [1.807, 2.05) is 7.05 Å². The average Bonchev–Trinajstić information content (AvgIpc) is 2.61. The van der Waals surface area contributed by atoms with Crippen molar-refractivity contribution in [2.24, 2.45) is 7.05 Å². The van der Waals surface area contributed by atoms with Crippen LogP contribution < -0.4 is 12.4 Å². The molecule has 110 valence electrons. The van der Waals surface area contributed by atoms with E-state index in [4.69, 9.17) is 10.2 Å². The summed E-state index contributed by atoms with van der Waals surface area (Å²) < 4.78 is 1.93. The lowest BCUT2D eigenvalue weighted by atomic mass is 10.3. The summed E-state index contributed by atoms with van der Waals surface area (Å²) >= 11 is 0. The number of hydrogen-bond acceptors (Lipinski definition) is 5. The second-order valence-corrected chi connectivity index (χ2v) is 4.55. The minimum Gasteiger partial charge on any atom is -1.00 e. The fourth-order valence-electron chi connectivity index (χ4n) is 1.89. The van der Waals surface area contributed by atoms with Crippen LogP contribution in [-0.4, -0.2) is 62.5 Å². The van der Waals surface area contributed by atoms with Gasteiger partial charge in [0.05, 0.1) is 20.3 Å². The second-order valence-electron chi connectivity index (χ2n) is 4.55. The monoisotopic (exact) mass is 294 g/mol. The van der Waals surface area contributed by atoms with Gasteiger partial charge in [-0.3, -0.25) is 0 Å². The van der Waals surface area contributed by atoms with E-state index < -0.39 is 4.92 Å². The van der Waals surface area contributed by atoms with Crippen LogP contribution in [-0.2, 0) is 13.6 Å². The molecule has 0 radical (unpaired) electrons. The fourth-order valence-corrected chi connectivity index (χ4v) is 1.89. The fraction of sp³-hybridized carbons (Fsp3) is 0.700. The summed E-state index contributed by atoms with van der Waals surface area (Å²) in [6, 6.07) is 0. The predicted molar refractivity (Wildman–Crippen MR) is 63.7 cm³/mol. The first kappa shape index (κ1) is 17.8. The number of rotatable bonds is 7. The van der Waals surface area contributed by atoms with Crippen molar-refractivity contribution in [3.63, 3.8) is 0 Å². The lowest BCUT2D eigenvalue weighted by Gasteiger charge is -2.32. The molecule has 1 heterocycles. The Morgan fingerprint density at radius 3 is 2.37 bits per heavy atom.